The molecule has 0 aliphatic heterocycles. The van der Waals surface area contributed by atoms with Gasteiger partial charge < -0.3 is 9.47 Å². The van der Waals surface area contributed by atoms with E-state index in [9.17, 15) is 9.59 Å². The van der Waals surface area contributed by atoms with Crippen molar-refractivity contribution in [1.29, 1.82) is 0 Å². The van der Waals surface area contributed by atoms with Gasteiger partial charge in [-0.05, 0) is 78.2 Å². The van der Waals surface area contributed by atoms with Gasteiger partial charge in [0, 0.05) is 28.5 Å². The van der Waals surface area contributed by atoms with E-state index in [1.54, 1.807) is 50.3 Å². The Kier molecular flexibility index (Phi) is 9.16. The minimum absolute atomic E-state index is 0.220. The van der Waals surface area contributed by atoms with Gasteiger partial charge in [-0.25, -0.2) is 9.59 Å². The van der Waals surface area contributed by atoms with Crippen LogP contribution in [0.25, 0.3) is 16.8 Å². The molecule has 3 aromatic carbocycles. The molecular weight excluding hydrogens is 471 g/mol. The van der Waals surface area contributed by atoms with E-state index in [2.05, 4.69) is 11.8 Å². The summed E-state index contributed by atoms with van der Waals surface area (Å²) in [5.41, 5.74) is 2.60. The molecular formula is C28H24Cl2O4. The van der Waals surface area contributed by atoms with E-state index in [4.69, 9.17) is 32.7 Å². The number of esters is 2. The fourth-order valence-corrected chi connectivity index (χ4v) is 3.67. The molecule has 0 spiro atoms. The molecule has 3 aromatic rings. The molecule has 0 unspecified atom stereocenters. The average molecular weight is 495 g/mol. The lowest BCUT2D eigenvalue weighted by Gasteiger charge is -2.09. The number of benzene rings is 3. The van der Waals surface area contributed by atoms with E-state index in [-0.39, 0.29) is 19.0 Å². The molecule has 0 N–H and O–H groups in total. The number of halogens is 2. The third-order valence-corrected chi connectivity index (χ3v) is 5.43. The van der Waals surface area contributed by atoms with Crippen molar-refractivity contribution in [2.75, 3.05) is 13.2 Å². The van der Waals surface area contributed by atoms with Gasteiger partial charge >= 0.3 is 11.9 Å². The summed E-state index contributed by atoms with van der Waals surface area (Å²) < 4.78 is 10.3. The van der Waals surface area contributed by atoms with Crippen molar-refractivity contribution >= 4 is 52.0 Å². The SMILES string of the molecule is CCOC(=O)/C(=C\c1ccc(Cl)cc1)CC#CCc1cc(C(=O)OCC)cc2ccc(Cl)cc12. The molecule has 0 saturated heterocycles. The van der Waals surface area contributed by atoms with Gasteiger partial charge in [0.1, 0.15) is 0 Å². The Bertz CT molecular complexity index is 1280. The lowest BCUT2D eigenvalue weighted by molar-refractivity contribution is -0.138. The first-order valence-corrected chi connectivity index (χ1v) is 11.6. The largest absolute Gasteiger partial charge is 0.463 e. The first kappa shape index (κ1) is 25.4. The number of ether oxygens (including phenoxy) is 2. The van der Waals surface area contributed by atoms with Crippen LogP contribution in [0.5, 0.6) is 0 Å². The summed E-state index contributed by atoms with van der Waals surface area (Å²) in [7, 11) is 0. The van der Waals surface area contributed by atoms with E-state index in [0.29, 0.717) is 34.2 Å². The Hall–Kier alpha value is -3.26. The van der Waals surface area contributed by atoms with Crippen LogP contribution in [-0.4, -0.2) is 25.2 Å². The van der Waals surface area contributed by atoms with Crippen LogP contribution in [0.15, 0.2) is 60.2 Å². The number of fused-ring (bicyclic) bond motifs is 1. The third-order valence-electron chi connectivity index (χ3n) is 4.94. The quantitative estimate of drug-likeness (QED) is 0.203. The molecule has 0 bridgehead atoms. The molecule has 0 aliphatic carbocycles. The van der Waals surface area contributed by atoms with Crippen molar-refractivity contribution in [3.8, 4) is 11.8 Å². The lowest BCUT2D eigenvalue weighted by atomic mass is 9.98. The molecule has 0 fully saturated rings. The van der Waals surface area contributed by atoms with Crippen molar-refractivity contribution in [2.45, 2.75) is 26.7 Å². The Morgan fingerprint density at radius 2 is 1.59 bits per heavy atom. The molecule has 0 aromatic heterocycles. The zero-order valence-corrected chi connectivity index (χ0v) is 20.5. The van der Waals surface area contributed by atoms with Crippen LogP contribution in [0.4, 0.5) is 0 Å². The standard InChI is InChI=1S/C28H24Cl2O4/c1-3-33-27(31)22(15-19-9-12-24(29)13-10-19)8-6-5-7-20-16-23(28(32)34-4-2)17-21-11-14-25(30)18-26(20)21/h9-18H,3-4,7-8H2,1-2H3/b22-15-. The molecule has 6 heteroatoms. The van der Waals surface area contributed by atoms with E-state index in [1.807, 2.05) is 24.3 Å². The molecule has 34 heavy (non-hydrogen) atoms. The predicted molar refractivity (Wildman–Crippen MR) is 137 cm³/mol. The summed E-state index contributed by atoms with van der Waals surface area (Å²) in [6, 6.07) is 16.2. The molecule has 0 saturated carbocycles. The lowest BCUT2D eigenvalue weighted by Crippen LogP contribution is -2.07. The first-order chi connectivity index (χ1) is 16.4. The molecule has 3 rings (SSSR count). The Labute approximate surface area is 209 Å². The van der Waals surface area contributed by atoms with Crippen LogP contribution in [-0.2, 0) is 20.7 Å². The van der Waals surface area contributed by atoms with Crippen LogP contribution in [0.3, 0.4) is 0 Å². The van der Waals surface area contributed by atoms with Crippen LogP contribution in [0.1, 0.15) is 41.8 Å². The van der Waals surface area contributed by atoms with Gasteiger partial charge in [0.15, 0.2) is 0 Å². The van der Waals surface area contributed by atoms with E-state index >= 15 is 0 Å². The number of carbonyl (C=O) groups is 2. The summed E-state index contributed by atoms with van der Waals surface area (Å²) in [5, 5.41) is 3.01. The fourth-order valence-electron chi connectivity index (χ4n) is 3.37. The van der Waals surface area contributed by atoms with E-state index in [0.717, 1.165) is 21.9 Å². The van der Waals surface area contributed by atoms with Gasteiger partial charge in [0.05, 0.1) is 18.8 Å². The van der Waals surface area contributed by atoms with Crippen LogP contribution in [0.2, 0.25) is 10.0 Å². The fraction of sp³-hybridized carbons (Fsp3) is 0.214. The average Bonchev–Trinajstić information content (AvgIpc) is 2.82. The van der Waals surface area contributed by atoms with Gasteiger partial charge in [-0.1, -0.05) is 53.2 Å². The van der Waals surface area contributed by atoms with E-state index < -0.39 is 5.97 Å². The van der Waals surface area contributed by atoms with Gasteiger partial charge in [-0.15, -0.1) is 0 Å². The number of rotatable bonds is 7. The zero-order valence-electron chi connectivity index (χ0n) is 19.0. The third kappa shape index (κ3) is 6.87. The highest BCUT2D eigenvalue weighted by Crippen LogP contribution is 2.26. The second-order valence-corrected chi connectivity index (χ2v) is 8.24. The summed E-state index contributed by atoms with van der Waals surface area (Å²) >= 11 is 12.2. The van der Waals surface area contributed by atoms with E-state index in [1.165, 1.54) is 0 Å². The minimum Gasteiger partial charge on any atom is -0.463 e. The minimum atomic E-state index is -0.409. The highest BCUT2D eigenvalue weighted by Gasteiger charge is 2.12. The van der Waals surface area contributed by atoms with Crippen molar-refractivity contribution in [2.24, 2.45) is 0 Å². The molecule has 0 radical (unpaired) electrons. The maximum Gasteiger partial charge on any atom is 0.338 e. The predicted octanol–water partition coefficient (Wildman–Crippen LogP) is 6.91. The summed E-state index contributed by atoms with van der Waals surface area (Å²) in [5.74, 6) is 5.39. The van der Waals surface area contributed by atoms with Crippen molar-refractivity contribution in [3.63, 3.8) is 0 Å². The molecule has 0 heterocycles. The topological polar surface area (TPSA) is 52.6 Å². The second kappa shape index (κ2) is 12.3. The highest BCUT2D eigenvalue weighted by molar-refractivity contribution is 6.31. The van der Waals surface area contributed by atoms with Crippen molar-refractivity contribution in [1.82, 2.24) is 0 Å². The Morgan fingerprint density at radius 1 is 0.882 bits per heavy atom. The maximum absolute atomic E-state index is 12.4. The monoisotopic (exact) mass is 494 g/mol. The van der Waals surface area contributed by atoms with Gasteiger partial charge in [-0.2, -0.15) is 0 Å². The molecule has 0 atom stereocenters. The molecule has 4 nitrogen and oxygen atoms in total. The van der Waals surface area contributed by atoms with Gasteiger partial charge in [0.2, 0.25) is 0 Å². The Morgan fingerprint density at radius 3 is 2.29 bits per heavy atom. The van der Waals surface area contributed by atoms with Gasteiger partial charge in [0.25, 0.3) is 0 Å². The van der Waals surface area contributed by atoms with Crippen LogP contribution in [0, 0.1) is 11.8 Å². The zero-order chi connectivity index (χ0) is 24.5. The summed E-state index contributed by atoms with van der Waals surface area (Å²) in [4.78, 5) is 24.7. The molecule has 0 aliphatic rings. The summed E-state index contributed by atoms with van der Waals surface area (Å²) in [6.07, 6.45) is 2.35. The number of carbonyl (C=O) groups excluding carboxylic acids is 2. The first-order valence-electron chi connectivity index (χ1n) is 10.9. The Balaban J connectivity index is 1.88. The molecule has 0 amide bonds. The van der Waals surface area contributed by atoms with Gasteiger partial charge in [-0.3, -0.25) is 0 Å². The number of hydrogen-bond donors (Lipinski definition) is 0. The van der Waals surface area contributed by atoms with Crippen molar-refractivity contribution < 1.29 is 19.1 Å². The van der Waals surface area contributed by atoms with Crippen LogP contribution >= 0.6 is 23.2 Å². The smallest absolute Gasteiger partial charge is 0.338 e. The molecule has 174 valence electrons. The normalized spacial score (nSPS) is 11.0. The van der Waals surface area contributed by atoms with Crippen molar-refractivity contribution in [3.05, 3.63) is 86.9 Å². The summed E-state index contributed by atoms with van der Waals surface area (Å²) in [6.45, 7) is 4.10. The highest BCUT2D eigenvalue weighted by atomic mass is 35.5. The second-order valence-electron chi connectivity index (χ2n) is 7.37. The number of hydrogen-bond acceptors (Lipinski definition) is 4. The van der Waals surface area contributed by atoms with Crippen LogP contribution < -0.4 is 0 Å². The maximum atomic E-state index is 12.4.